The highest BCUT2D eigenvalue weighted by molar-refractivity contribution is 7.92. The Morgan fingerprint density at radius 3 is 2.18 bits per heavy atom. The van der Waals surface area contributed by atoms with Crippen LogP contribution in [-0.2, 0) is 26.2 Å². The fourth-order valence-corrected chi connectivity index (χ4v) is 5.72. The number of rotatable bonds is 11. The molecule has 2 amide bonds. The monoisotopic (exact) mass is 589 g/mol. The van der Waals surface area contributed by atoms with Crippen molar-refractivity contribution in [3.8, 4) is 0 Å². The van der Waals surface area contributed by atoms with Crippen LogP contribution in [0.1, 0.15) is 38.3 Å². The smallest absolute Gasteiger partial charge is 0.264 e. The average molecular weight is 591 g/mol. The van der Waals surface area contributed by atoms with Gasteiger partial charge in [-0.05, 0) is 69.2 Å². The van der Waals surface area contributed by atoms with Gasteiger partial charge in [0.2, 0.25) is 11.8 Å². The highest BCUT2D eigenvalue weighted by Crippen LogP contribution is 2.26. The summed E-state index contributed by atoms with van der Waals surface area (Å²) in [6, 6.07) is 18.7. The van der Waals surface area contributed by atoms with Gasteiger partial charge in [0.25, 0.3) is 10.0 Å². The molecule has 0 heterocycles. The van der Waals surface area contributed by atoms with Crippen LogP contribution in [0.4, 0.5) is 5.69 Å². The SMILES string of the molecule is CCC(C)NC(=O)C(C)N(Cc1ccc(Cl)cc1Cl)C(=O)CN(c1ccccc1)S(=O)(=O)c1ccc(C)cc1. The van der Waals surface area contributed by atoms with Gasteiger partial charge in [0.15, 0.2) is 0 Å². The van der Waals surface area contributed by atoms with Crippen molar-refractivity contribution in [1.82, 2.24) is 10.2 Å². The van der Waals surface area contributed by atoms with Gasteiger partial charge in [0.1, 0.15) is 12.6 Å². The van der Waals surface area contributed by atoms with Crippen molar-refractivity contribution >= 4 is 50.7 Å². The van der Waals surface area contributed by atoms with Gasteiger partial charge in [-0.25, -0.2) is 8.42 Å². The molecule has 3 aromatic carbocycles. The Bertz CT molecular complexity index is 1400. The zero-order chi connectivity index (χ0) is 28.7. The molecule has 0 bridgehead atoms. The first kappa shape index (κ1) is 30.5. The van der Waals surface area contributed by atoms with Gasteiger partial charge in [-0.15, -0.1) is 0 Å². The molecule has 0 radical (unpaired) electrons. The number of benzene rings is 3. The Labute approximate surface area is 240 Å². The Morgan fingerprint density at radius 2 is 1.59 bits per heavy atom. The molecule has 0 spiro atoms. The van der Waals surface area contributed by atoms with Crippen LogP contribution in [0.3, 0.4) is 0 Å². The third-order valence-electron chi connectivity index (χ3n) is 6.46. The van der Waals surface area contributed by atoms with Crippen LogP contribution in [0.2, 0.25) is 10.0 Å². The van der Waals surface area contributed by atoms with Gasteiger partial charge in [-0.2, -0.15) is 0 Å². The minimum atomic E-state index is -4.11. The van der Waals surface area contributed by atoms with E-state index in [0.29, 0.717) is 27.7 Å². The summed E-state index contributed by atoms with van der Waals surface area (Å²) in [6.07, 6.45) is 0.714. The second kappa shape index (κ2) is 13.3. The second-order valence-electron chi connectivity index (χ2n) is 9.41. The number of carbonyl (C=O) groups is 2. The van der Waals surface area contributed by atoms with E-state index >= 15 is 0 Å². The number of carbonyl (C=O) groups excluding carboxylic acids is 2. The number of para-hydroxylation sites is 1. The number of hydrogen-bond acceptors (Lipinski definition) is 4. The molecule has 0 saturated heterocycles. The van der Waals surface area contributed by atoms with Crippen molar-refractivity contribution in [2.75, 3.05) is 10.8 Å². The van der Waals surface area contributed by atoms with Crippen molar-refractivity contribution in [1.29, 1.82) is 0 Å². The number of nitrogens with one attached hydrogen (secondary N) is 1. The van der Waals surface area contributed by atoms with E-state index in [1.165, 1.54) is 17.0 Å². The molecule has 208 valence electrons. The number of hydrogen-bond donors (Lipinski definition) is 1. The molecule has 7 nitrogen and oxygen atoms in total. The van der Waals surface area contributed by atoms with E-state index in [4.69, 9.17) is 23.2 Å². The van der Waals surface area contributed by atoms with Gasteiger partial charge in [-0.1, -0.05) is 72.1 Å². The number of anilines is 1. The van der Waals surface area contributed by atoms with Crippen molar-refractivity contribution in [3.63, 3.8) is 0 Å². The van der Waals surface area contributed by atoms with Crippen LogP contribution in [0.25, 0.3) is 0 Å². The average Bonchev–Trinajstić information content (AvgIpc) is 2.91. The minimum absolute atomic E-state index is 0.0167. The van der Waals surface area contributed by atoms with Gasteiger partial charge in [-0.3, -0.25) is 13.9 Å². The normalized spacial score (nSPS) is 12.9. The summed E-state index contributed by atoms with van der Waals surface area (Å²) in [7, 11) is -4.11. The maximum atomic E-state index is 13.9. The molecule has 3 rings (SSSR count). The van der Waals surface area contributed by atoms with E-state index in [-0.39, 0.29) is 23.4 Å². The fraction of sp³-hybridized carbons (Fsp3) is 0.310. The molecule has 0 fully saturated rings. The molecule has 0 saturated carbocycles. The summed E-state index contributed by atoms with van der Waals surface area (Å²) < 4.78 is 28.6. The molecule has 0 aromatic heterocycles. The molecule has 0 aliphatic carbocycles. The molecule has 1 N–H and O–H groups in total. The van der Waals surface area contributed by atoms with Gasteiger partial charge >= 0.3 is 0 Å². The lowest BCUT2D eigenvalue weighted by Crippen LogP contribution is -2.52. The van der Waals surface area contributed by atoms with Crippen molar-refractivity contribution in [2.24, 2.45) is 0 Å². The lowest BCUT2D eigenvalue weighted by molar-refractivity contribution is -0.139. The number of nitrogens with zero attached hydrogens (tertiary/aromatic N) is 2. The van der Waals surface area contributed by atoms with Crippen molar-refractivity contribution in [2.45, 2.75) is 57.6 Å². The van der Waals surface area contributed by atoms with E-state index in [9.17, 15) is 18.0 Å². The van der Waals surface area contributed by atoms with Crippen LogP contribution >= 0.6 is 23.2 Å². The summed E-state index contributed by atoms with van der Waals surface area (Å²) in [5, 5.41) is 3.67. The topological polar surface area (TPSA) is 86.8 Å². The first-order valence-corrected chi connectivity index (χ1v) is 14.8. The molecule has 2 atom stereocenters. The predicted molar refractivity (Wildman–Crippen MR) is 157 cm³/mol. The van der Waals surface area contributed by atoms with Crippen molar-refractivity contribution < 1.29 is 18.0 Å². The quantitative estimate of drug-likeness (QED) is 0.305. The third-order valence-corrected chi connectivity index (χ3v) is 8.83. The molecule has 2 unspecified atom stereocenters. The Kier molecular flexibility index (Phi) is 10.4. The van der Waals surface area contributed by atoms with E-state index in [1.807, 2.05) is 20.8 Å². The Balaban J connectivity index is 2.02. The fourth-order valence-electron chi connectivity index (χ4n) is 3.84. The summed E-state index contributed by atoms with van der Waals surface area (Å²) in [5.74, 6) is -0.914. The highest BCUT2D eigenvalue weighted by atomic mass is 35.5. The Morgan fingerprint density at radius 1 is 0.949 bits per heavy atom. The van der Waals surface area contributed by atoms with Crippen LogP contribution in [0.15, 0.2) is 77.7 Å². The summed E-state index contributed by atoms with van der Waals surface area (Å²) in [5.41, 5.74) is 1.81. The van der Waals surface area contributed by atoms with Crippen LogP contribution in [0, 0.1) is 6.92 Å². The maximum absolute atomic E-state index is 13.9. The van der Waals surface area contributed by atoms with E-state index < -0.39 is 28.5 Å². The van der Waals surface area contributed by atoms with Gasteiger partial charge in [0.05, 0.1) is 10.6 Å². The number of sulfonamides is 1. The maximum Gasteiger partial charge on any atom is 0.264 e. The first-order valence-electron chi connectivity index (χ1n) is 12.6. The van der Waals surface area contributed by atoms with Gasteiger partial charge < -0.3 is 10.2 Å². The molecular weight excluding hydrogens is 557 g/mol. The molecule has 10 heteroatoms. The number of aryl methyl sites for hydroxylation is 1. The highest BCUT2D eigenvalue weighted by Gasteiger charge is 2.33. The molecule has 3 aromatic rings. The van der Waals surface area contributed by atoms with Crippen molar-refractivity contribution in [3.05, 3.63) is 94.0 Å². The zero-order valence-electron chi connectivity index (χ0n) is 22.4. The first-order chi connectivity index (χ1) is 18.4. The van der Waals surface area contributed by atoms with E-state index in [0.717, 1.165) is 9.87 Å². The predicted octanol–water partition coefficient (Wildman–Crippen LogP) is 5.83. The summed E-state index contributed by atoms with van der Waals surface area (Å²) in [4.78, 5) is 28.4. The molecular formula is C29H33Cl2N3O4S. The molecule has 39 heavy (non-hydrogen) atoms. The standard InChI is InChI=1S/C29H33Cl2N3O4S/c1-5-21(3)32-29(36)22(4)33(18-23-13-14-24(30)17-27(23)31)28(35)19-34(25-9-7-6-8-10-25)39(37,38)26-15-11-20(2)12-16-26/h6-17,21-22H,5,18-19H2,1-4H3,(H,32,36). The van der Waals surface area contributed by atoms with E-state index in [1.54, 1.807) is 67.6 Å². The van der Waals surface area contributed by atoms with Crippen LogP contribution in [-0.4, -0.2) is 43.8 Å². The Hall–Kier alpha value is -3.07. The summed E-state index contributed by atoms with van der Waals surface area (Å²) in [6.45, 7) is 6.75. The summed E-state index contributed by atoms with van der Waals surface area (Å²) >= 11 is 12.5. The lowest BCUT2D eigenvalue weighted by Gasteiger charge is -2.32. The second-order valence-corrected chi connectivity index (χ2v) is 12.1. The third kappa shape index (κ3) is 7.75. The largest absolute Gasteiger partial charge is 0.352 e. The molecule has 0 aliphatic rings. The van der Waals surface area contributed by atoms with Crippen LogP contribution < -0.4 is 9.62 Å². The molecule has 0 aliphatic heterocycles. The number of amides is 2. The number of halogens is 2. The minimum Gasteiger partial charge on any atom is -0.352 e. The van der Waals surface area contributed by atoms with Crippen LogP contribution in [0.5, 0.6) is 0 Å². The zero-order valence-corrected chi connectivity index (χ0v) is 24.7. The van der Waals surface area contributed by atoms with Gasteiger partial charge in [0, 0.05) is 22.6 Å². The lowest BCUT2D eigenvalue weighted by atomic mass is 10.1. The van der Waals surface area contributed by atoms with E-state index in [2.05, 4.69) is 5.32 Å².